The average Bonchev–Trinajstić information content (AvgIpc) is 3.08. The molecule has 1 aliphatic rings. The normalized spacial score (nSPS) is 28.3. The summed E-state index contributed by atoms with van der Waals surface area (Å²) in [6.07, 6.45) is -0.253. The quantitative estimate of drug-likeness (QED) is 0.596. The van der Waals surface area contributed by atoms with Gasteiger partial charge in [0.1, 0.15) is 17.9 Å². The summed E-state index contributed by atoms with van der Waals surface area (Å²) in [6, 6.07) is 0. The lowest BCUT2D eigenvalue weighted by Crippen LogP contribution is -2.49. The molecule has 0 aromatic carbocycles. The van der Waals surface area contributed by atoms with Gasteiger partial charge in [0.05, 0.1) is 12.9 Å². The molecule has 1 N–H and O–H groups in total. The van der Waals surface area contributed by atoms with E-state index in [0.717, 1.165) is 0 Å². The number of aliphatic hydroxyl groups is 1. The van der Waals surface area contributed by atoms with Crippen LogP contribution < -0.4 is 0 Å². The third-order valence-corrected chi connectivity index (χ3v) is 4.38. The number of hydrogen-bond donors (Lipinski definition) is 1. The van der Waals surface area contributed by atoms with Crippen LogP contribution in [-0.2, 0) is 23.8 Å². The van der Waals surface area contributed by atoms with Gasteiger partial charge in [-0.15, -0.1) is 0 Å². The molecule has 2 aromatic rings. The first-order chi connectivity index (χ1) is 12.3. The van der Waals surface area contributed by atoms with Gasteiger partial charge < -0.3 is 19.3 Å². The number of esters is 2. The van der Waals surface area contributed by atoms with Gasteiger partial charge in [-0.2, -0.15) is 0 Å². The molecule has 0 bridgehead atoms. The summed E-state index contributed by atoms with van der Waals surface area (Å²) in [5.74, 6) is -1.20. The number of aromatic nitrogens is 4. The number of fused-ring (bicyclic) bond motifs is 1. The monoisotopic (exact) mass is 384 g/mol. The molecule has 3 heterocycles. The maximum atomic E-state index is 11.7. The van der Waals surface area contributed by atoms with Gasteiger partial charge in [0.15, 0.2) is 28.7 Å². The highest BCUT2D eigenvalue weighted by molar-refractivity contribution is 6.33. The molecule has 1 fully saturated rings. The zero-order valence-electron chi connectivity index (χ0n) is 14.2. The molecule has 3 rings (SSSR count). The average molecular weight is 385 g/mol. The Bertz CT molecular complexity index is 858. The Morgan fingerprint density at radius 1 is 1.35 bits per heavy atom. The fraction of sp³-hybridized carbons (Fsp3) is 0.533. The summed E-state index contributed by atoms with van der Waals surface area (Å²) in [5, 5.41) is 9.81. The van der Waals surface area contributed by atoms with Crippen molar-refractivity contribution < 1.29 is 28.9 Å². The lowest BCUT2D eigenvalue weighted by molar-refractivity contribution is -0.184. The number of nitrogens with zero attached hydrogens (tertiary/aromatic N) is 4. The zero-order valence-corrected chi connectivity index (χ0v) is 15.0. The lowest BCUT2D eigenvalue weighted by atomic mass is 9.95. The summed E-state index contributed by atoms with van der Waals surface area (Å²) in [7, 11) is 0. The minimum Gasteiger partial charge on any atom is -0.455 e. The van der Waals surface area contributed by atoms with Crippen LogP contribution in [0.4, 0.5) is 0 Å². The number of aliphatic hydroxyl groups excluding tert-OH is 1. The van der Waals surface area contributed by atoms with Gasteiger partial charge in [0.25, 0.3) is 0 Å². The number of carbonyl (C=O) groups excluding carboxylic acids is 2. The second kappa shape index (κ2) is 6.78. The van der Waals surface area contributed by atoms with Gasteiger partial charge in [0, 0.05) is 13.8 Å². The topological polar surface area (TPSA) is 126 Å². The number of hydrogen-bond acceptors (Lipinski definition) is 9. The van der Waals surface area contributed by atoms with Gasteiger partial charge in [-0.3, -0.25) is 14.2 Å². The zero-order chi connectivity index (χ0) is 19.1. The number of imidazole rings is 1. The van der Waals surface area contributed by atoms with Gasteiger partial charge in [-0.05, 0) is 6.92 Å². The third-order valence-electron chi connectivity index (χ3n) is 4.10. The van der Waals surface area contributed by atoms with Crippen molar-refractivity contribution in [2.75, 3.05) is 6.61 Å². The van der Waals surface area contributed by atoms with Crippen molar-refractivity contribution in [1.82, 2.24) is 19.5 Å². The van der Waals surface area contributed by atoms with Crippen molar-refractivity contribution in [1.29, 1.82) is 0 Å². The highest BCUT2D eigenvalue weighted by Gasteiger charge is 2.59. The van der Waals surface area contributed by atoms with Crippen LogP contribution in [0.5, 0.6) is 0 Å². The van der Waals surface area contributed by atoms with E-state index >= 15 is 0 Å². The van der Waals surface area contributed by atoms with Crippen LogP contribution in [0.25, 0.3) is 11.2 Å². The van der Waals surface area contributed by atoms with E-state index in [1.54, 1.807) is 6.92 Å². The van der Waals surface area contributed by atoms with Crippen molar-refractivity contribution in [3.63, 3.8) is 0 Å². The van der Waals surface area contributed by atoms with E-state index in [2.05, 4.69) is 15.0 Å². The van der Waals surface area contributed by atoms with E-state index in [4.69, 9.17) is 25.8 Å². The molecule has 0 amide bonds. The molecule has 1 aliphatic heterocycles. The van der Waals surface area contributed by atoms with Crippen LogP contribution in [0.1, 0.15) is 27.0 Å². The number of rotatable bonds is 4. The first kappa shape index (κ1) is 18.5. The lowest BCUT2D eigenvalue weighted by Gasteiger charge is -2.34. The smallest absolute Gasteiger partial charge is 0.303 e. The molecule has 2 aromatic heterocycles. The molecule has 10 nitrogen and oxygen atoms in total. The van der Waals surface area contributed by atoms with Crippen molar-refractivity contribution in [3.8, 4) is 0 Å². The van der Waals surface area contributed by atoms with Crippen LogP contribution in [0.2, 0.25) is 5.15 Å². The summed E-state index contributed by atoms with van der Waals surface area (Å²) in [5.41, 5.74) is -0.761. The molecule has 1 saturated heterocycles. The summed E-state index contributed by atoms with van der Waals surface area (Å²) in [6.45, 7) is 3.55. The van der Waals surface area contributed by atoms with Crippen molar-refractivity contribution in [3.05, 3.63) is 17.8 Å². The van der Waals surface area contributed by atoms with Crippen molar-refractivity contribution in [2.45, 2.75) is 44.8 Å². The molecule has 0 unspecified atom stereocenters. The highest BCUT2D eigenvalue weighted by atomic mass is 35.5. The Morgan fingerprint density at radius 2 is 2.08 bits per heavy atom. The standard InChI is InChI=1S/C15H17ClN4O6/c1-7(22)24-11-9(4-21)25-14(15(11,3)26-8(2)23)20-6-19-10-12(16)17-5-18-13(10)20/h5-6,9,11,14,21H,4H2,1-3H3/t9-,11-,14-,15-/m1/s1. The molecule has 11 heteroatoms. The van der Waals surface area contributed by atoms with Gasteiger partial charge in [-0.25, -0.2) is 15.0 Å². The largest absolute Gasteiger partial charge is 0.455 e. The van der Waals surface area contributed by atoms with E-state index < -0.39 is 42.6 Å². The summed E-state index contributed by atoms with van der Waals surface area (Å²) >= 11 is 6.02. The Labute approximate surface area is 153 Å². The molecule has 0 radical (unpaired) electrons. The summed E-state index contributed by atoms with van der Waals surface area (Å²) < 4.78 is 18.1. The van der Waals surface area contributed by atoms with Crippen molar-refractivity contribution >= 4 is 34.7 Å². The first-order valence-electron chi connectivity index (χ1n) is 7.74. The van der Waals surface area contributed by atoms with E-state index in [1.165, 1.54) is 31.1 Å². The maximum Gasteiger partial charge on any atom is 0.303 e. The molecular formula is C15H17ClN4O6. The Kier molecular flexibility index (Phi) is 4.82. The van der Waals surface area contributed by atoms with E-state index in [-0.39, 0.29) is 5.15 Å². The van der Waals surface area contributed by atoms with Gasteiger partial charge >= 0.3 is 11.9 Å². The van der Waals surface area contributed by atoms with E-state index in [9.17, 15) is 14.7 Å². The second-order valence-corrected chi connectivity index (χ2v) is 6.36. The third kappa shape index (κ3) is 3.00. The Balaban J connectivity index is 2.12. The fourth-order valence-electron chi connectivity index (χ4n) is 3.15. The van der Waals surface area contributed by atoms with Crippen LogP contribution in [0, 0.1) is 0 Å². The Morgan fingerprint density at radius 3 is 2.69 bits per heavy atom. The predicted molar refractivity (Wildman–Crippen MR) is 87.1 cm³/mol. The van der Waals surface area contributed by atoms with Crippen molar-refractivity contribution in [2.24, 2.45) is 0 Å². The van der Waals surface area contributed by atoms with Crippen LogP contribution in [0.15, 0.2) is 12.7 Å². The number of carbonyl (C=O) groups is 2. The minimum absolute atomic E-state index is 0.149. The summed E-state index contributed by atoms with van der Waals surface area (Å²) in [4.78, 5) is 35.4. The predicted octanol–water partition coefficient (Wildman–Crippen LogP) is 0.623. The molecular weight excluding hydrogens is 368 g/mol. The molecule has 0 aliphatic carbocycles. The van der Waals surface area contributed by atoms with Gasteiger partial charge in [-0.1, -0.05) is 11.6 Å². The minimum atomic E-state index is -1.43. The SMILES string of the molecule is CC(=O)O[C@@H]1[C@@H](CO)O[C@@H](n2cnc3c(Cl)ncnc32)[C@]1(C)OC(C)=O. The first-order valence-corrected chi connectivity index (χ1v) is 8.12. The second-order valence-electron chi connectivity index (χ2n) is 6.01. The van der Waals surface area contributed by atoms with Crippen LogP contribution in [-0.4, -0.2) is 61.0 Å². The van der Waals surface area contributed by atoms with Crippen LogP contribution in [0.3, 0.4) is 0 Å². The number of ether oxygens (including phenoxy) is 3. The molecule has 140 valence electrons. The van der Waals surface area contributed by atoms with E-state index in [1.807, 2.05) is 0 Å². The molecule has 0 saturated carbocycles. The molecule has 26 heavy (non-hydrogen) atoms. The van der Waals surface area contributed by atoms with Gasteiger partial charge in [0.2, 0.25) is 0 Å². The highest BCUT2D eigenvalue weighted by Crippen LogP contribution is 2.44. The van der Waals surface area contributed by atoms with E-state index in [0.29, 0.717) is 11.2 Å². The fourth-order valence-corrected chi connectivity index (χ4v) is 3.32. The Hall–Kier alpha value is -2.30. The molecule has 4 atom stereocenters. The molecule has 0 spiro atoms. The van der Waals surface area contributed by atoms with Crippen LogP contribution >= 0.6 is 11.6 Å². The number of halogens is 1. The maximum absolute atomic E-state index is 11.7.